The highest BCUT2D eigenvalue weighted by molar-refractivity contribution is 7.25. The van der Waals surface area contributed by atoms with Crippen molar-refractivity contribution in [1.29, 1.82) is 0 Å². The molecule has 2 heterocycles. The minimum absolute atomic E-state index is 0.0382. The summed E-state index contributed by atoms with van der Waals surface area (Å²) in [6, 6.07) is 52.1. The maximum absolute atomic E-state index is 3.87. The van der Waals surface area contributed by atoms with Crippen molar-refractivity contribution < 1.29 is 0 Å². The summed E-state index contributed by atoms with van der Waals surface area (Å²) in [6.45, 7) is 0. The molecular weight excluding hydrogens is 531 g/mol. The van der Waals surface area contributed by atoms with Crippen LogP contribution in [-0.4, -0.2) is 0 Å². The van der Waals surface area contributed by atoms with Crippen LogP contribution in [0.3, 0.4) is 0 Å². The number of para-hydroxylation sites is 1. The van der Waals surface area contributed by atoms with Crippen molar-refractivity contribution in [2.75, 3.05) is 10.6 Å². The lowest BCUT2D eigenvalue weighted by Crippen LogP contribution is -2.37. The third-order valence-electron chi connectivity index (χ3n) is 8.14. The molecule has 0 fully saturated rings. The largest absolute Gasteiger partial charge is 0.366 e. The minimum Gasteiger partial charge on any atom is -0.366 e. The highest BCUT2D eigenvalue weighted by Gasteiger charge is 2.27. The molecule has 0 bridgehead atoms. The predicted octanol–water partition coefficient (Wildman–Crippen LogP) is 10.3. The molecule has 0 aliphatic carbocycles. The van der Waals surface area contributed by atoms with Crippen LogP contribution in [0.1, 0.15) is 28.9 Å². The number of rotatable bonds is 5. The van der Waals surface area contributed by atoms with Gasteiger partial charge in [0.2, 0.25) is 0 Å². The molecule has 4 heteroatoms. The fourth-order valence-electron chi connectivity index (χ4n) is 6.12. The Morgan fingerprint density at radius 3 is 2.19 bits per heavy atom. The first-order chi connectivity index (χ1) is 20.8. The van der Waals surface area contributed by atoms with Gasteiger partial charge in [0.1, 0.15) is 6.17 Å². The van der Waals surface area contributed by atoms with Crippen molar-refractivity contribution in [1.82, 2.24) is 5.32 Å². The number of hydrogen-bond donors (Lipinski definition) is 3. The molecule has 202 valence electrons. The summed E-state index contributed by atoms with van der Waals surface area (Å²) in [5.41, 5.74) is 9.43. The SMILES string of the molecule is c1ccc(-c2cc3sc4ccccc4c3cc2Nc2cccc(C3Nc4ccccc4C(c4ccccc4)N3)c2)cc1. The molecular formula is C38H29N3S. The molecule has 3 N–H and O–H groups in total. The van der Waals surface area contributed by atoms with Crippen molar-refractivity contribution >= 4 is 48.6 Å². The standard InChI is InChI=1S/C38H29N3S/c1-3-12-25(13-4-1)31-24-36-32(29-18-8-10-21-35(29)42-36)23-34(31)39-28-17-11-16-27(22-28)38-40-33-20-9-7-19-30(33)37(41-38)26-14-5-2-6-15-26/h1-24,37-41H. The average Bonchev–Trinajstić information content (AvgIpc) is 3.42. The summed E-state index contributed by atoms with van der Waals surface area (Å²) in [4.78, 5) is 0. The lowest BCUT2D eigenvalue weighted by molar-refractivity contribution is 0.506. The summed E-state index contributed by atoms with van der Waals surface area (Å²) in [6.07, 6.45) is -0.0382. The van der Waals surface area contributed by atoms with Gasteiger partial charge in [-0.1, -0.05) is 109 Å². The number of thiophene rings is 1. The number of benzene rings is 6. The van der Waals surface area contributed by atoms with Gasteiger partial charge in [-0.15, -0.1) is 11.3 Å². The third kappa shape index (κ3) is 4.51. The number of fused-ring (bicyclic) bond motifs is 4. The van der Waals surface area contributed by atoms with Crippen molar-refractivity contribution in [3.8, 4) is 11.1 Å². The summed E-state index contributed by atoms with van der Waals surface area (Å²) < 4.78 is 2.61. The molecule has 1 aliphatic heterocycles. The zero-order valence-electron chi connectivity index (χ0n) is 22.9. The number of anilines is 3. The molecule has 2 atom stereocenters. The molecule has 0 radical (unpaired) electrons. The number of nitrogens with one attached hydrogen (secondary N) is 3. The Bertz CT molecular complexity index is 2030. The molecule has 1 aliphatic rings. The zero-order valence-corrected chi connectivity index (χ0v) is 23.7. The lowest BCUT2D eigenvalue weighted by atomic mass is 9.93. The van der Waals surface area contributed by atoms with Gasteiger partial charge in [-0.25, -0.2) is 0 Å². The molecule has 0 saturated heterocycles. The van der Waals surface area contributed by atoms with E-state index in [1.165, 1.54) is 48.0 Å². The van der Waals surface area contributed by atoms with Gasteiger partial charge in [-0.2, -0.15) is 0 Å². The third-order valence-corrected chi connectivity index (χ3v) is 9.27. The van der Waals surface area contributed by atoms with Gasteiger partial charge in [-0.3, -0.25) is 5.32 Å². The monoisotopic (exact) mass is 559 g/mol. The van der Waals surface area contributed by atoms with Crippen LogP contribution in [0.2, 0.25) is 0 Å². The van der Waals surface area contributed by atoms with E-state index in [0.717, 1.165) is 17.1 Å². The Balaban J connectivity index is 1.18. The minimum atomic E-state index is -0.0382. The van der Waals surface area contributed by atoms with E-state index in [1.54, 1.807) is 0 Å². The fraction of sp³-hybridized carbons (Fsp3) is 0.0526. The summed E-state index contributed by atoms with van der Waals surface area (Å²) >= 11 is 1.86. The zero-order chi connectivity index (χ0) is 27.9. The molecule has 42 heavy (non-hydrogen) atoms. The first-order valence-electron chi connectivity index (χ1n) is 14.3. The van der Waals surface area contributed by atoms with E-state index in [2.05, 4.69) is 162 Å². The van der Waals surface area contributed by atoms with E-state index < -0.39 is 0 Å². The van der Waals surface area contributed by atoms with Crippen LogP contribution < -0.4 is 16.0 Å². The Kier molecular flexibility index (Phi) is 6.21. The highest BCUT2D eigenvalue weighted by Crippen LogP contribution is 2.42. The average molecular weight is 560 g/mol. The van der Waals surface area contributed by atoms with Gasteiger partial charge < -0.3 is 10.6 Å². The summed E-state index contributed by atoms with van der Waals surface area (Å²) in [7, 11) is 0. The smallest absolute Gasteiger partial charge is 0.104 e. The molecule has 0 saturated carbocycles. The van der Waals surface area contributed by atoms with Gasteiger partial charge in [0.25, 0.3) is 0 Å². The van der Waals surface area contributed by atoms with Crippen molar-refractivity contribution in [3.63, 3.8) is 0 Å². The second-order valence-corrected chi connectivity index (χ2v) is 11.9. The van der Waals surface area contributed by atoms with Crippen molar-refractivity contribution in [3.05, 3.63) is 162 Å². The van der Waals surface area contributed by atoms with Crippen LogP contribution in [0, 0.1) is 0 Å². The molecule has 0 amide bonds. The molecule has 2 unspecified atom stereocenters. The maximum atomic E-state index is 3.87. The first-order valence-corrected chi connectivity index (χ1v) is 15.2. The lowest BCUT2D eigenvalue weighted by Gasteiger charge is -2.35. The second-order valence-electron chi connectivity index (χ2n) is 10.8. The molecule has 0 spiro atoms. The first kappa shape index (κ1) is 24.9. The molecule has 3 nitrogen and oxygen atoms in total. The molecule has 7 aromatic rings. The molecule has 6 aromatic carbocycles. The van der Waals surface area contributed by atoms with E-state index in [1.807, 2.05) is 11.3 Å². The predicted molar refractivity (Wildman–Crippen MR) is 179 cm³/mol. The highest BCUT2D eigenvalue weighted by atomic mass is 32.1. The normalized spacial score (nSPS) is 16.2. The van der Waals surface area contributed by atoms with Gasteiger partial charge in [0.15, 0.2) is 0 Å². The van der Waals surface area contributed by atoms with E-state index in [-0.39, 0.29) is 12.2 Å². The van der Waals surface area contributed by atoms with Crippen LogP contribution in [-0.2, 0) is 0 Å². The van der Waals surface area contributed by atoms with Gasteiger partial charge in [-0.05, 0) is 58.7 Å². The van der Waals surface area contributed by atoms with Crippen LogP contribution in [0.4, 0.5) is 17.1 Å². The van der Waals surface area contributed by atoms with Crippen LogP contribution in [0.25, 0.3) is 31.3 Å². The summed E-state index contributed by atoms with van der Waals surface area (Å²) in [5, 5.41) is 14.0. The van der Waals surface area contributed by atoms with E-state index in [9.17, 15) is 0 Å². The molecule has 8 rings (SSSR count). The Hall–Kier alpha value is -4.90. The molecule has 1 aromatic heterocycles. The van der Waals surface area contributed by atoms with E-state index >= 15 is 0 Å². The Labute approximate surface area is 249 Å². The topological polar surface area (TPSA) is 36.1 Å². The second kappa shape index (κ2) is 10.5. The maximum Gasteiger partial charge on any atom is 0.104 e. The van der Waals surface area contributed by atoms with Crippen LogP contribution >= 0.6 is 11.3 Å². The van der Waals surface area contributed by atoms with Gasteiger partial charge >= 0.3 is 0 Å². The van der Waals surface area contributed by atoms with Crippen LogP contribution in [0.5, 0.6) is 0 Å². The Morgan fingerprint density at radius 2 is 1.31 bits per heavy atom. The number of hydrogen-bond acceptors (Lipinski definition) is 4. The van der Waals surface area contributed by atoms with Crippen molar-refractivity contribution in [2.24, 2.45) is 0 Å². The van der Waals surface area contributed by atoms with Gasteiger partial charge in [0.05, 0.1) is 6.04 Å². The van der Waals surface area contributed by atoms with Gasteiger partial charge in [0, 0.05) is 42.8 Å². The van der Waals surface area contributed by atoms with E-state index in [4.69, 9.17) is 0 Å². The van der Waals surface area contributed by atoms with Crippen LogP contribution in [0.15, 0.2) is 146 Å². The fourth-order valence-corrected chi connectivity index (χ4v) is 7.24. The summed E-state index contributed by atoms with van der Waals surface area (Å²) in [5.74, 6) is 0. The Morgan fingerprint density at radius 1 is 0.571 bits per heavy atom. The quantitative estimate of drug-likeness (QED) is 0.196. The van der Waals surface area contributed by atoms with Crippen molar-refractivity contribution in [2.45, 2.75) is 12.2 Å². The van der Waals surface area contributed by atoms with E-state index in [0.29, 0.717) is 0 Å².